The van der Waals surface area contributed by atoms with Crippen LogP contribution in [0, 0.1) is 0 Å². The molecule has 0 bridgehead atoms. The summed E-state index contributed by atoms with van der Waals surface area (Å²) in [6.07, 6.45) is 8.10. The number of hydrogen-bond acceptors (Lipinski definition) is 5. The minimum Gasteiger partial charge on any atom is -0.352 e. The SMILES string of the molecule is C1=Cc2c(c3cc4c5ccccc5n(-c5ccccc5)c4cc3n2C2NC=C(C3=NC(c4ccc5ccccc5c4)=NC(c4ccc5ccccc5c4)N3)N2)CC1. The molecule has 0 radical (unpaired) electrons. The zero-order valence-corrected chi connectivity index (χ0v) is 31.0. The van der Waals surface area contributed by atoms with Crippen molar-refractivity contribution >= 4 is 72.0 Å². The number of rotatable bonds is 5. The van der Waals surface area contributed by atoms with Crippen LogP contribution in [0.5, 0.6) is 0 Å². The van der Waals surface area contributed by atoms with Crippen LogP contribution in [0.4, 0.5) is 0 Å². The molecule has 1 aliphatic carbocycles. The number of nitrogens with one attached hydrogen (secondary N) is 3. The summed E-state index contributed by atoms with van der Waals surface area (Å²) in [6.45, 7) is 0. The van der Waals surface area contributed by atoms with Gasteiger partial charge in [-0.05, 0) is 94.1 Å². The lowest BCUT2D eigenvalue weighted by Crippen LogP contribution is -2.38. The van der Waals surface area contributed by atoms with Gasteiger partial charge in [0.05, 0.1) is 22.2 Å². The number of aryl methyl sites for hydroxylation is 1. The van der Waals surface area contributed by atoms with Crippen LogP contribution in [0.1, 0.15) is 41.3 Å². The molecule has 2 aromatic heterocycles. The largest absolute Gasteiger partial charge is 0.352 e. The summed E-state index contributed by atoms with van der Waals surface area (Å²) in [5.41, 5.74) is 10.3. The summed E-state index contributed by atoms with van der Waals surface area (Å²) in [5.74, 6) is 1.44. The maximum absolute atomic E-state index is 5.23. The third-order valence-electron chi connectivity index (χ3n) is 11.8. The molecule has 0 spiro atoms. The van der Waals surface area contributed by atoms with Gasteiger partial charge in [-0.2, -0.15) is 0 Å². The van der Waals surface area contributed by atoms with E-state index in [2.05, 4.69) is 195 Å². The average molecular weight is 736 g/mol. The number of aromatic nitrogens is 2. The van der Waals surface area contributed by atoms with E-state index in [1.807, 2.05) is 0 Å². The third-order valence-corrected chi connectivity index (χ3v) is 11.8. The fourth-order valence-corrected chi connectivity index (χ4v) is 9.12. The summed E-state index contributed by atoms with van der Waals surface area (Å²) >= 11 is 0. The number of nitrogens with zero attached hydrogens (tertiary/aromatic N) is 4. The zero-order chi connectivity index (χ0) is 37.5. The summed E-state index contributed by atoms with van der Waals surface area (Å²) in [6, 6.07) is 54.2. The van der Waals surface area contributed by atoms with Crippen LogP contribution in [0.2, 0.25) is 0 Å². The van der Waals surface area contributed by atoms with Gasteiger partial charge in [-0.15, -0.1) is 0 Å². The molecule has 0 fully saturated rings. The molecule has 3 aliphatic rings. The van der Waals surface area contributed by atoms with Crippen molar-refractivity contribution in [3.63, 3.8) is 0 Å². The Morgan fingerprint density at radius 2 is 1.35 bits per heavy atom. The second kappa shape index (κ2) is 12.6. The van der Waals surface area contributed by atoms with Gasteiger partial charge in [0, 0.05) is 39.3 Å². The molecule has 2 atom stereocenters. The Kier molecular flexibility index (Phi) is 7.04. The summed E-state index contributed by atoms with van der Waals surface area (Å²) in [7, 11) is 0. The minimum atomic E-state index is -0.332. The second-order valence-corrected chi connectivity index (χ2v) is 15.1. The van der Waals surface area contributed by atoms with Crippen molar-refractivity contribution in [1.29, 1.82) is 0 Å². The number of benzene rings is 7. The number of para-hydroxylation sites is 2. The van der Waals surface area contributed by atoms with Crippen LogP contribution in [-0.4, -0.2) is 20.8 Å². The highest BCUT2D eigenvalue weighted by Crippen LogP contribution is 2.40. The maximum Gasteiger partial charge on any atom is 0.180 e. The van der Waals surface area contributed by atoms with Gasteiger partial charge in [-0.1, -0.05) is 115 Å². The number of aliphatic imine (C=N–C) groups is 2. The number of amidine groups is 2. The van der Waals surface area contributed by atoms with E-state index in [1.54, 1.807) is 0 Å². The van der Waals surface area contributed by atoms with Crippen LogP contribution < -0.4 is 16.0 Å². The molecule has 2 unspecified atom stereocenters. The second-order valence-electron chi connectivity index (χ2n) is 15.1. The van der Waals surface area contributed by atoms with Crippen molar-refractivity contribution in [1.82, 2.24) is 25.1 Å². The molecule has 57 heavy (non-hydrogen) atoms. The first-order chi connectivity index (χ1) is 28.2. The molecule has 7 heteroatoms. The van der Waals surface area contributed by atoms with Gasteiger partial charge in [0.15, 0.2) is 18.0 Å². The quantitative estimate of drug-likeness (QED) is 0.165. The van der Waals surface area contributed by atoms with Crippen LogP contribution in [-0.2, 0) is 6.42 Å². The highest BCUT2D eigenvalue weighted by Gasteiger charge is 2.30. The van der Waals surface area contributed by atoms with Gasteiger partial charge in [-0.3, -0.25) is 0 Å². The molecule has 0 amide bonds. The topological polar surface area (TPSA) is 70.7 Å². The van der Waals surface area contributed by atoms with E-state index >= 15 is 0 Å². The van der Waals surface area contributed by atoms with E-state index in [9.17, 15) is 0 Å². The molecule has 3 N–H and O–H groups in total. The summed E-state index contributed by atoms with van der Waals surface area (Å²) in [5, 5.41) is 19.8. The van der Waals surface area contributed by atoms with Crippen LogP contribution in [0.25, 0.3) is 66.0 Å². The highest BCUT2D eigenvalue weighted by atomic mass is 15.4. The first kappa shape index (κ1) is 31.9. The van der Waals surface area contributed by atoms with Crippen molar-refractivity contribution in [2.75, 3.05) is 0 Å². The fourth-order valence-electron chi connectivity index (χ4n) is 9.12. The highest BCUT2D eigenvalue weighted by molar-refractivity contribution is 6.15. The standard InChI is InChI=1S/C50H37N7/c1-2-16-37(17-3-1)56-43-20-10-8-18-38(43)40-28-41-39-19-9-11-21-44(39)57(46(41)29-45(40)56)50-51-30-42(52-50)49-54-47(35-24-22-31-12-4-6-14-33(31)26-35)53-48(55-49)36-25-23-32-13-5-7-15-34(32)27-36/h1-8,10-18,20-30,47,50-52H,9,19H2,(H,53,54,55). The van der Waals surface area contributed by atoms with Crippen LogP contribution in [0.15, 0.2) is 180 Å². The predicted octanol–water partition coefficient (Wildman–Crippen LogP) is 10.6. The Morgan fingerprint density at radius 1 is 0.596 bits per heavy atom. The zero-order valence-electron chi connectivity index (χ0n) is 31.0. The van der Waals surface area contributed by atoms with Gasteiger partial charge in [-0.25, -0.2) is 9.98 Å². The van der Waals surface area contributed by atoms with E-state index in [-0.39, 0.29) is 12.5 Å². The lowest BCUT2D eigenvalue weighted by molar-refractivity contribution is 0.443. The van der Waals surface area contributed by atoms with Crippen molar-refractivity contribution in [2.24, 2.45) is 9.98 Å². The Balaban J connectivity index is 0.968. The summed E-state index contributed by atoms with van der Waals surface area (Å²) in [4.78, 5) is 10.4. The smallest absolute Gasteiger partial charge is 0.180 e. The molecule has 4 heterocycles. The van der Waals surface area contributed by atoms with Gasteiger partial charge in [0.25, 0.3) is 0 Å². The molecular formula is C50H37N7. The number of fused-ring (bicyclic) bond motifs is 8. The molecule has 12 rings (SSSR count). The third kappa shape index (κ3) is 5.12. The first-order valence-electron chi connectivity index (χ1n) is 19.7. The summed E-state index contributed by atoms with van der Waals surface area (Å²) < 4.78 is 4.83. The van der Waals surface area contributed by atoms with E-state index in [4.69, 9.17) is 9.98 Å². The van der Waals surface area contributed by atoms with Gasteiger partial charge in [0.2, 0.25) is 0 Å². The Bertz CT molecular complexity index is 3230. The van der Waals surface area contributed by atoms with Gasteiger partial charge >= 0.3 is 0 Å². The van der Waals surface area contributed by atoms with Crippen molar-refractivity contribution in [3.05, 3.63) is 192 Å². The average Bonchev–Trinajstić information content (AvgIpc) is 3.98. The van der Waals surface area contributed by atoms with Gasteiger partial charge < -0.3 is 25.1 Å². The van der Waals surface area contributed by atoms with Crippen molar-refractivity contribution in [2.45, 2.75) is 25.3 Å². The Labute approximate surface area is 329 Å². The molecule has 7 nitrogen and oxygen atoms in total. The van der Waals surface area contributed by atoms with Crippen LogP contribution in [0.3, 0.4) is 0 Å². The molecule has 7 aromatic carbocycles. The Morgan fingerprint density at radius 3 is 2.21 bits per heavy atom. The van der Waals surface area contributed by atoms with Crippen molar-refractivity contribution < 1.29 is 0 Å². The maximum atomic E-state index is 5.23. The molecular weight excluding hydrogens is 699 g/mol. The van der Waals surface area contributed by atoms with Gasteiger partial charge in [0.1, 0.15) is 6.17 Å². The van der Waals surface area contributed by atoms with E-state index in [0.29, 0.717) is 5.84 Å². The molecule has 9 aromatic rings. The first-order valence-corrected chi connectivity index (χ1v) is 19.7. The van der Waals surface area contributed by atoms with E-state index in [0.717, 1.165) is 46.6 Å². The lowest BCUT2D eigenvalue weighted by atomic mass is 10.00. The molecule has 0 saturated heterocycles. The Hall–Kier alpha value is -7.38. The number of allylic oxidation sites excluding steroid dienone is 1. The number of hydrogen-bond donors (Lipinski definition) is 3. The van der Waals surface area contributed by atoms with E-state index in [1.165, 1.54) is 60.1 Å². The minimum absolute atomic E-state index is 0.243. The monoisotopic (exact) mass is 735 g/mol. The van der Waals surface area contributed by atoms with E-state index < -0.39 is 0 Å². The molecule has 2 aliphatic heterocycles. The lowest BCUT2D eigenvalue weighted by Gasteiger charge is -2.25. The molecule has 272 valence electrons. The fraction of sp³-hybridized carbons (Fsp3) is 0.0800. The van der Waals surface area contributed by atoms with Crippen LogP contribution >= 0.6 is 0 Å². The normalized spacial score (nSPS) is 17.6. The predicted molar refractivity (Wildman–Crippen MR) is 235 cm³/mol. The molecule has 0 saturated carbocycles. The van der Waals surface area contributed by atoms with Crippen molar-refractivity contribution in [3.8, 4) is 5.69 Å².